The van der Waals surface area contributed by atoms with Crippen molar-refractivity contribution >= 4 is 27.1 Å². The minimum absolute atomic E-state index is 0.0673. The lowest BCUT2D eigenvalue weighted by Crippen LogP contribution is -2.06. The maximum absolute atomic E-state index is 11.5. The highest BCUT2D eigenvalue weighted by Crippen LogP contribution is 2.27. The van der Waals surface area contributed by atoms with Gasteiger partial charge in [-0.2, -0.15) is 0 Å². The van der Waals surface area contributed by atoms with Crippen LogP contribution >= 0.6 is 11.3 Å². The van der Waals surface area contributed by atoms with Gasteiger partial charge in [0, 0.05) is 10.6 Å². The van der Waals surface area contributed by atoms with Gasteiger partial charge in [0.1, 0.15) is 10.8 Å². The van der Waals surface area contributed by atoms with Gasteiger partial charge in [0.25, 0.3) is 0 Å². The zero-order chi connectivity index (χ0) is 13.9. The number of aliphatic carboxylic acids is 1. The number of rotatable bonds is 6. The first kappa shape index (κ1) is 15.1. The summed E-state index contributed by atoms with van der Waals surface area (Å²) >= 11 is 1.19. The van der Waals surface area contributed by atoms with E-state index in [4.69, 9.17) is 5.11 Å². The van der Waals surface area contributed by atoms with Crippen LogP contribution in [0.5, 0.6) is 0 Å². The number of thiazole rings is 1. The molecule has 0 atom stereocenters. The molecule has 0 saturated heterocycles. The van der Waals surface area contributed by atoms with Crippen LogP contribution in [0, 0.1) is 0 Å². The second-order valence-electron chi connectivity index (χ2n) is 4.32. The molecule has 5 nitrogen and oxygen atoms in total. The van der Waals surface area contributed by atoms with Gasteiger partial charge in [0.05, 0.1) is 12.1 Å². The van der Waals surface area contributed by atoms with Gasteiger partial charge in [-0.3, -0.25) is 4.79 Å². The van der Waals surface area contributed by atoms with Crippen LogP contribution in [0.4, 0.5) is 0 Å². The van der Waals surface area contributed by atoms with E-state index in [2.05, 4.69) is 4.98 Å². The van der Waals surface area contributed by atoms with E-state index in [0.717, 1.165) is 0 Å². The lowest BCUT2D eigenvalue weighted by atomic mass is 10.1. The Kier molecular flexibility index (Phi) is 4.86. The minimum Gasteiger partial charge on any atom is -0.481 e. The number of hydrogen-bond donors (Lipinski definition) is 1. The van der Waals surface area contributed by atoms with E-state index in [9.17, 15) is 13.2 Å². The number of carboxylic acid groups (broad SMARTS) is 1. The standard InChI is InChI=1S/C11H17NO4S2/c1-4-18(15,16)6-9-12-11(7(2)3)8(17-9)5-10(13)14/h7H,4-6H2,1-3H3,(H,13,14). The zero-order valence-electron chi connectivity index (χ0n) is 10.6. The maximum Gasteiger partial charge on any atom is 0.308 e. The third kappa shape index (κ3) is 4.06. The summed E-state index contributed by atoms with van der Waals surface area (Å²) in [5.74, 6) is -0.870. The van der Waals surface area contributed by atoms with E-state index in [-0.39, 0.29) is 23.8 Å². The molecular formula is C11H17NO4S2. The van der Waals surface area contributed by atoms with Crippen molar-refractivity contribution in [3.63, 3.8) is 0 Å². The predicted octanol–water partition coefficient (Wildman–Crippen LogP) is 1.83. The topological polar surface area (TPSA) is 84.3 Å². The molecule has 0 bridgehead atoms. The first-order chi connectivity index (χ1) is 8.25. The minimum atomic E-state index is -3.13. The Labute approximate surface area is 111 Å². The van der Waals surface area contributed by atoms with Crippen LogP contribution in [0.25, 0.3) is 0 Å². The van der Waals surface area contributed by atoms with E-state index < -0.39 is 15.8 Å². The molecule has 0 amide bonds. The van der Waals surface area contributed by atoms with Crippen molar-refractivity contribution in [2.24, 2.45) is 0 Å². The molecule has 0 aliphatic rings. The molecule has 0 aromatic carbocycles. The van der Waals surface area contributed by atoms with Crippen molar-refractivity contribution < 1.29 is 18.3 Å². The molecule has 18 heavy (non-hydrogen) atoms. The van der Waals surface area contributed by atoms with Crippen molar-refractivity contribution in [1.29, 1.82) is 0 Å². The SMILES string of the molecule is CCS(=O)(=O)Cc1nc(C(C)C)c(CC(=O)O)s1. The van der Waals surface area contributed by atoms with E-state index >= 15 is 0 Å². The second kappa shape index (κ2) is 5.79. The number of carbonyl (C=O) groups is 1. The highest BCUT2D eigenvalue weighted by Gasteiger charge is 2.19. The third-order valence-electron chi connectivity index (χ3n) is 2.41. The average Bonchev–Trinajstić information content (AvgIpc) is 2.59. The molecule has 1 aromatic rings. The Morgan fingerprint density at radius 1 is 1.44 bits per heavy atom. The van der Waals surface area contributed by atoms with E-state index in [1.54, 1.807) is 6.92 Å². The molecule has 0 saturated carbocycles. The molecule has 0 radical (unpaired) electrons. The van der Waals surface area contributed by atoms with Crippen molar-refractivity contribution in [3.05, 3.63) is 15.6 Å². The monoisotopic (exact) mass is 291 g/mol. The highest BCUT2D eigenvalue weighted by atomic mass is 32.2. The van der Waals surface area contributed by atoms with Crippen LogP contribution in [-0.4, -0.2) is 30.2 Å². The van der Waals surface area contributed by atoms with Crippen LogP contribution in [0.1, 0.15) is 42.3 Å². The maximum atomic E-state index is 11.5. The van der Waals surface area contributed by atoms with Crippen molar-refractivity contribution in [2.45, 2.75) is 38.9 Å². The van der Waals surface area contributed by atoms with Crippen LogP contribution in [-0.2, 0) is 26.8 Å². The fraction of sp³-hybridized carbons (Fsp3) is 0.636. The summed E-state index contributed by atoms with van der Waals surface area (Å²) in [7, 11) is -3.13. The smallest absolute Gasteiger partial charge is 0.308 e. The number of carboxylic acids is 1. The van der Waals surface area contributed by atoms with Crippen LogP contribution in [0.2, 0.25) is 0 Å². The van der Waals surface area contributed by atoms with Crippen molar-refractivity contribution in [2.75, 3.05) is 5.75 Å². The van der Waals surface area contributed by atoms with Gasteiger partial charge in [-0.05, 0) is 5.92 Å². The summed E-state index contributed by atoms with van der Waals surface area (Å²) in [6.07, 6.45) is -0.0998. The molecule has 1 aromatic heterocycles. The third-order valence-corrected chi connectivity index (χ3v) is 5.26. The summed E-state index contributed by atoms with van der Waals surface area (Å²) in [6.45, 7) is 5.42. The second-order valence-corrected chi connectivity index (χ2v) is 7.84. The molecular weight excluding hydrogens is 274 g/mol. The van der Waals surface area contributed by atoms with E-state index in [1.807, 2.05) is 13.8 Å². The molecule has 1 rings (SSSR count). The quantitative estimate of drug-likeness (QED) is 0.864. The summed E-state index contributed by atoms with van der Waals surface area (Å²) in [5.41, 5.74) is 0.698. The zero-order valence-corrected chi connectivity index (χ0v) is 12.3. The summed E-state index contributed by atoms with van der Waals surface area (Å²) in [4.78, 5) is 15.7. The Balaban J connectivity index is 3.06. The Morgan fingerprint density at radius 3 is 2.50 bits per heavy atom. The Morgan fingerprint density at radius 2 is 2.06 bits per heavy atom. The van der Waals surface area contributed by atoms with Crippen LogP contribution in [0.15, 0.2) is 0 Å². The summed E-state index contributed by atoms with van der Waals surface area (Å²) in [5, 5.41) is 9.30. The van der Waals surface area contributed by atoms with Crippen LogP contribution < -0.4 is 0 Å². The molecule has 7 heteroatoms. The van der Waals surface area contributed by atoms with Crippen LogP contribution in [0.3, 0.4) is 0 Å². The first-order valence-corrected chi connectivity index (χ1v) is 8.29. The Hall–Kier alpha value is -0.950. The molecule has 1 heterocycles. The van der Waals surface area contributed by atoms with Gasteiger partial charge in [-0.25, -0.2) is 13.4 Å². The predicted molar refractivity (Wildman–Crippen MR) is 70.7 cm³/mol. The molecule has 0 aliphatic carbocycles. The van der Waals surface area contributed by atoms with Crippen molar-refractivity contribution in [1.82, 2.24) is 4.98 Å². The van der Waals surface area contributed by atoms with E-state index in [0.29, 0.717) is 15.6 Å². The normalized spacial score (nSPS) is 12.0. The number of hydrogen-bond acceptors (Lipinski definition) is 5. The lowest BCUT2D eigenvalue weighted by molar-refractivity contribution is -0.136. The number of nitrogens with zero attached hydrogens (tertiary/aromatic N) is 1. The molecule has 102 valence electrons. The number of sulfone groups is 1. The summed E-state index contributed by atoms with van der Waals surface area (Å²) in [6, 6.07) is 0. The average molecular weight is 291 g/mol. The fourth-order valence-corrected chi connectivity index (χ4v) is 3.91. The molecule has 1 N–H and O–H groups in total. The van der Waals surface area contributed by atoms with Gasteiger partial charge in [-0.1, -0.05) is 20.8 Å². The largest absolute Gasteiger partial charge is 0.481 e. The van der Waals surface area contributed by atoms with Crippen molar-refractivity contribution in [3.8, 4) is 0 Å². The van der Waals surface area contributed by atoms with Gasteiger partial charge in [0.2, 0.25) is 0 Å². The number of aromatic nitrogens is 1. The molecule has 0 fully saturated rings. The van der Waals surface area contributed by atoms with Gasteiger partial charge >= 0.3 is 5.97 Å². The molecule has 0 aliphatic heterocycles. The highest BCUT2D eigenvalue weighted by molar-refractivity contribution is 7.90. The van der Waals surface area contributed by atoms with Gasteiger partial charge < -0.3 is 5.11 Å². The summed E-state index contributed by atoms with van der Waals surface area (Å²) < 4.78 is 23.1. The fourth-order valence-electron chi connectivity index (χ4n) is 1.48. The van der Waals surface area contributed by atoms with Gasteiger partial charge in [0.15, 0.2) is 9.84 Å². The first-order valence-electron chi connectivity index (χ1n) is 5.66. The van der Waals surface area contributed by atoms with E-state index in [1.165, 1.54) is 11.3 Å². The molecule has 0 unspecified atom stereocenters. The van der Waals surface area contributed by atoms with Gasteiger partial charge in [-0.15, -0.1) is 11.3 Å². The Bertz CT molecular complexity index is 531. The molecule has 0 spiro atoms. The lowest BCUT2D eigenvalue weighted by Gasteiger charge is -2.02.